The molecule has 1 fully saturated rings. The van der Waals surface area contributed by atoms with Crippen LogP contribution in [0.5, 0.6) is 0 Å². The quantitative estimate of drug-likeness (QED) is 0.547. The molecule has 1 amide bonds. The van der Waals surface area contributed by atoms with Crippen molar-refractivity contribution in [3.63, 3.8) is 0 Å². The van der Waals surface area contributed by atoms with Gasteiger partial charge in [-0.05, 0) is 36.8 Å². The SMILES string of the molecule is CC(Sc1nnc(N2CCOCC2)n1-c1ccccc1)C(=O)NCc1ccc(Cl)cc1. The van der Waals surface area contributed by atoms with E-state index in [2.05, 4.69) is 20.4 Å². The van der Waals surface area contributed by atoms with Gasteiger partial charge in [-0.3, -0.25) is 9.36 Å². The lowest BCUT2D eigenvalue weighted by Crippen LogP contribution is -2.38. The second-order valence-corrected chi connectivity index (χ2v) is 8.90. The van der Waals surface area contributed by atoms with Gasteiger partial charge in [-0.25, -0.2) is 0 Å². The summed E-state index contributed by atoms with van der Waals surface area (Å²) in [5, 5.41) is 12.9. The maximum atomic E-state index is 12.7. The minimum Gasteiger partial charge on any atom is -0.378 e. The lowest BCUT2D eigenvalue weighted by molar-refractivity contribution is -0.120. The van der Waals surface area contributed by atoms with Crippen molar-refractivity contribution < 1.29 is 9.53 Å². The van der Waals surface area contributed by atoms with Crippen molar-refractivity contribution in [2.24, 2.45) is 0 Å². The number of rotatable bonds is 7. The molecule has 1 N–H and O–H groups in total. The molecule has 9 heteroatoms. The van der Waals surface area contributed by atoms with Crippen molar-refractivity contribution in [3.8, 4) is 5.69 Å². The molecule has 0 aliphatic carbocycles. The summed E-state index contributed by atoms with van der Waals surface area (Å²) in [6.45, 7) is 5.16. The third-order valence-corrected chi connectivity index (χ3v) is 6.25. The van der Waals surface area contributed by atoms with Gasteiger partial charge in [-0.2, -0.15) is 0 Å². The topological polar surface area (TPSA) is 72.3 Å². The number of carbonyl (C=O) groups is 1. The fourth-order valence-electron chi connectivity index (χ4n) is 3.26. The number of nitrogens with zero attached hydrogens (tertiary/aromatic N) is 4. The Morgan fingerprint density at radius 2 is 1.84 bits per heavy atom. The zero-order valence-corrected chi connectivity index (χ0v) is 18.8. The van der Waals surface area contributed by atoms with Crippen LogP contribution in [0.1, 0.15) is 12.5 Å². The Hall–Kier alpha value is -2.55. The third-order valence-electron chi connectivity index (χ3n) is 4.96. The molecule has 4 rings (SSSR count). The Balaban J connectivity index is 1.49. The van der Waals surface area contributed by atoms with E-state index in [0.29, 0.717) is 29.9 Å². The van der Waals surface area contributed by atoms with Crippen LogP contribution in [-0.2, 0) is 16.1 Å². The number of hydrogen-bond acceptors (Lipinski definition) is 6. The van der Waals surface area contributed by atoms with E-state index in [9.17, 15) is 4.79 Å². The molecule has 2 heterocycles. The molecule has 1 saturated heterocycles. The molecule has 0 bridgehead atoms. The molecular weight excluding hydrogens is 434 g/mol. The van der Waals surface area contributed by atoms with Gasteiger partial charge < -0.3 is 15.0 Å². The van der Waals surface area contributed by atoms with Gasteiger partial charge in [0.25, 0.3) is 0 Å². The van der Waals surface area contributed by atoms with Crippen molar-refractivity contribution in [1.82, 2.24) is 20.1 Å². The van der Waals surface area contributed by atoms with Crippen molar-refractivity contribution >= 4 is 35.2 Å². The number of anilines is 1. The Morgan fingerprint density at radius 1 is 1.13 bits per heavy atom. The fourth-order valence-corrected chi connectivity index (χ4v) is 4.27. The first kappa shape index (κ1) is 21.7. The molecule has 31 heavy (non-hydrogen) atoms. The number of hydrogen-bond donors (Lipinski definition) is 1. The average Bonchev–Trinajstić information content (AvgIpc) is 3.23. The molecule has 2 aromatic carbocycles. The van der Waals surface area contributed by atoms with Crippen LogP contribution < -0.4 is 10.2 Å². The van der Waals surface area contributed by atoms with Crippen LogP contribution in [0.15, 0.2) is 59.8 Å². The summed E-state index contributed by atoms with van der Waals surface area (Å²) in [6, 6.07) is 17.4. The lowest BCUT2D eigenvalue weighted by Gasteiger charge is -2.28. The van der Waals surface area contributed by atoms with Gasteiger partial charge in [0.15, 0.2) is 5.16 Å². The summed E-state index contributed by atoms with van der Waals surface area (Å²) in [5.74, 6) is 0.709. The second-order valence-electron chi connectivity index (χ2n) is 7.16. The molecule has 162 valence electrons. The molecular formula is C22H24ClN5O2S. The number of carbonyl (C=O) groups excluding carboxylic acids is 1. The minimum absolute atomic E-state index is 0.0597. The first-order valence-corrected chi connectivity index (χ1v) is 11.4. The summed E-state index contributed by atoms with van der Waals surface area (Å²) < 4.78 is 7.49. The van der Waals surface area contributed by atoms with E-state index in [0.717, 1.165) is 30.3 Å². The normalized spacial score (nSPS) is 15.0. The summed E-state index contributed by atoms with van der Waals surface area (Å²) in [5.41, 5.74) is 1.96. The van der Waals surface area contributed by atoms with E-state index in [-0.39, 0.29) is 11.2 Å². The monoisotopic (exact) mass is 457 g/mol. The predicted octanol–water partition coefficient (Wildman–Crippen LogP) is 3.55. The summed E-state index contributed by atoms with van der Waals surface area (Å²) in [7, 11) is 0. The maximum absolute atomic E-state index is 12.7. The van der Waals surface area contributed by atoms with Crippen molar-refractivity contribution in [2.45, 2.75) is 23.9 Å². The first-order valence-electron chi connectivity index (χ1n) is 10.1. The summed E-state index contributed by atoms with van der Waals surface area (Å²) in [6.07, 6.45) is 0. The van der Waals surface area contributed by atoms with Crippen molar-refractivity contribution in [3.05, 3.63) is 65.2 Å². The second kappa shape index (κ2) is 10.2. The van der Waals surface area contributed by atoms with Gasteiger partial charge in [0.2, 0.25) is 11.9 Å². The lowest BCUT2D eigenvalue weighted by atomic mass is 10.2. The number of aromatic nitrogens is 3. The number of morpholine rings is 1. The Labute approximate surface area is 190 Å². The Kier molecular flexibility index (Phi) is 7.11. The third kappa shape index (κ3) is 5.39. The Morgan fingerprint density at radius 3 is 2.55 bits per heavy atom. The molecule has 0 saturated carbocycles. The minimum atomic E-state index is -0.337. The number of ether oxygens (including phenoxy) is 1. The zero-order chi connectivity index (χ0) is 21.6. The highest BCUT2D eigenvalue weighted by Crippen LogP contribution is 2.29. The first-order chi connectivity index (χ1) is 15.1. The van der Waals surface area contributed by atoms with Gasteiger partial charge in [0.05, 0.1) is 24.2 Å². The van der Waals surface area contributed by atoms with Gasteiger partial charge in [0.1, 0.15) is 0 Å². The van der Waals surface area contributed by atoms with Crippen LogP contribution in [0.4, 0.5) is 5.95 Å². The van der Waals surface area contributed by atoms with E-state index in [1.807, 2.05) is 66.1 Å². The fraction of sp³-hybridized carbons (Fsp3) is 0.318. The molecule has 0 radical (unpaired) electrons. The van der Waals surface area contributed by atoms with E-state index < -0.39 is 0 Å². The van der Waals surface area contributed by atoms with E-state index in [1.54, 1.807) is 0 Å². The van der Waals surface area contributed by atoms with Gasteiger partial charge in [-0.15, -0.1) is 10.2 Å². The largest absolute Gasteiger partial charge is 0.378 e. The molecule has 1 aliphatic heterocycles. The number of amides is 1. The van der Waals surface area contributed by atoms with Gasteiger partial charge in [0, 0.05) is 24.7 Å². The van der Waals surface area contributed by atoms with E-state index in [4.69, 9.17) is 16.3 Å². The highest BCUT2D eigenvalue weighted by molar-refractivity contribution is 8.00. The zero-order valence-electron chi connectivity index (χ0n) is 17.2. The van der Waals surface area contributed by atoms with E-state index in [1.165, 1.54) is 11.8 Å². The highest BCUT2D eigenvalue weighted by Gasteiger charge is 2.24. The Bertz CT molecular complexity index is 1010. The van der Waals surface area contributed by atoms with Crippen molar-refractivity contribution in [1.29, 1.82) is 0 Å². The molecule has 1 atom stereocenters. The van der Waals surface area contributed by atoms with Crippen LogP contribution in [0.25, 0.3) is 5.69 Å². The van der Waals surface area contributed by atoms with E-state index >= 15 is 0 Å². The van der Waals surface area contributed by atoms with Crippen molar-refractivity contribution in [2.75, 3.05) is 31.2 Å². The molecule has 1 aromatic heterocycles. The van der Waals surface area contributed by atoms with Gasteiger partial charge in [-0.1, -0.05) is 53.7 Å². The predicted molar refractivity (Wildman–Crippen MR) is 123 cm³/mol. The molecule has 3 aromatic rings. The molecule has 7 nitrogen and oxygen atoms in total. The molecule has 1 aliphatic rings. The average molecular weight is 458 g/mol. The summed E-state index contributed by atoms with van der Waals surface area (Å²) >= 11 is 7.32. The maximum Gasteiger partial charge on any atom is 0.233 e. The number of thioether (sulfide) groups is 1. The van der Waals surface area contributed by atoms with Crippen LogP contribution in [0.3, 0.4) is 0 Å². The number of halogens is 1. The number of nitrogens with one attached hydrogen (secondary N) is 1. The van der Waals surface area contributed by atoms with Crippen LogP contribution in [-0.4, -0.2) is 52.2 Å². The van der Waals surface area contributed by atoms with Crippen LogP contribution >= 0.6 is 23.4 Å². The molecule has 0 spiro atoms. The molecule has 1 unspecified atom stereocenters. The van der Waals surface area contributed by atoms with Crippen LogP contribution in [0.2, 0.25) is 5.02 Å². The highest BCUT2D eigenvalue weighted by atomic mass is 35.5. The van der Waals surface area contributed by atoms with Gasteiger partial charge >= 0.3 is 0 Å². The number of para-hydroxylation sites is 1. The number of benzene rings is 2. The summed E-state index contributed by atoms with van der Waals surface area (Å²) in [4.78, 5) is 14.9. The smallest absolute Gasteiger partial charge is 0.233 e. The standard InChI is InChI=1S/C22H24ClN5O2S/c1-16(20(29)24-15-17-7-9-18(23)10-8-17)31-22-26-25-21(27-11-13-30-14-12-27)28(22)19-5-3-2-4-6-19/h2-10,16H,11-15H2,1H3,(H,24,29). The van der Waals surface area contributed by atoms with Crippen LogP contribution in [0, 0.1) is 0 Å².